The van der Waals surface area contributed by atoms with E-state index in [1.54, 1.807) is 12.1 Å². The lowest BCUT2D eigenvalue weighted by Gasteiger charge is -2.12. The summed E-state index contributed by atoms with van der Waals surface area (Å²) >= 11 is 23.5. The minimum Gasteiger partial charge on any atom is -0.493 e. The maximum Gasteiger partial charge on any atom is 0.156 e. The van der Waals surface area contributed by atoms with Crippen molar-refractivity contribution >= 4 is 46.4 Å². The Bertz CT molecular complexity index is 733. The molecule has 2 aromatic rings. The number of hydrogen-bond acceptors (Lipinski definition) is 3. The second-order valence-electron chi connectivity index (χ2n) is 5.57. The highest BCUT2D eigenvalue weighted by Crippen LogP contribution is 2.37. The van der Waals surface area contributed by atoms with E-state index in [0.29, 0.717) is 41.2 Å². The van der Waals surface area contributed by atoms with Crippen molar-refractivity contribution in [2.24, 2.45) is 0 Å². The average Bonchev–Trinajstić information content (AvgIpc) is 2.63. The summed E-state index contributed by atoms with van der Waals surface area (Å²) in [6.07, 6.45) is 3.22. The lowest BCUT2D eigenvalue weighted by Crippen LogP contribution is -2.05. The second kappa shape index (κ2) is 11.6. The zero-order chi connectivity index (χ0) is 19.6. The first-order valence-electron chi connectivity index (χ1n) is 8.47. The van der Waals surface area contributed by atoms with Gasteiger partial charge in [0.15, 0.2) is 5.75 Å². The molecule has 0 saturated heterocycles. The third-order valence-electron chi connectivity index (χ3n) is 3.59. The molecule has 0 amide bonds. The molecule has 0 unspecified atom stereocenters. The van der Waals surface area contributed by atoms with Crippen LogP contribution in [0.2, 0.25) is 10.0 Å². The molecular weight excluding hydrogens is 430 g/mol. The first-order valence-corrected chi connectivity index (χ1v) is 9.98. The highest BCUT2D eigenvalue weighted by Gasteiger charge is 2.10. The van der Waals surface area contributed by atoms with E-state index in [-0.39, 0.29) is 11.1 Å². The van der Waals surface area contributed by atoms with Gasteiger partial charge < -0.3 is 14.2 Å². The minimum atomic E-state index is 0.135. The van der Waals surface area contributed by atoms with Gasteiger partial charge in [-0.05, 0) is 30.2 Å². The maximum atomic E-state index is 6.23. The second-order valence-corrected chi connectivity index (χ2v) is 7.39. The van der Waals surface area contributed by atoms with Crippen molar-refractivity contribution in [2.45, 2.75) is 19.8 Å². The number of halogens is 4. The van der Waals surface area contributed by atoms with Crippen LogP contribution in [0.3, 0.4) is 0 Å². The van der Waals surface area contributed by atoms with Crippen LogP contribution < -0.4 is 14.2 Å². The summed E-state index contributed by atoms with van der Waals surface area (Å²) in [6, 6.07) is 11.3. The maximum absolute atomic E-state index is 6.23. The molecule has 0 aliphatic heterocycles. The fourth-order valence-corrected chi connectivity index (χ4v) is 2.91. The van der Waals surface area contributed by atoms with Gasteiger partial charge in [-0.1, -0.05) is 65.5 Å². The van der Waals surface area contributed by atoms with Crippen LogP contribution in [0, 0.1) is 0 Å². The van der Waals surface area contributed by atoms with Crippen molar-refractivity contribution in [3.05, 3.63) is 62.6 Å². The zero-order valence-electron chi connectivity index (χ0n) is 14.8. The summed E-state index contributed by atoms with van der Waals surface area (Å²) in [5, 5.41) is 0.740. The fourth-order valence-electron chi connectivity index (χ4n) is 2.20. The Balaban J connectivity index is 1.78. The zero-order valence-corrected chi connectivity index (χ0v) is 17.8. The molecule has 0 saturated carbocycles. The van der Waals surface area contributed by atoms with E-state index in [1.165, 1.54) is 11.6 Å². The molecule has 3 nitrogen and oxygen atoms in total. The van der Waals surface area contributed by atoms with E-state index in [0.717, 1.165) is 12.2 Å². The smallest absolute Gasteiger partial charge is 0.156 e. The molecule has 146 valence electrons. The van der Waals surface area contributed by atoms with Gasteiger partial charge >= 0.3 is 0 Å². The van der Waals surface area contributed by atoms with Crippen LogP contribution in [0.15, 0.2) is 47.0 Å². The monoisotopic (exact) mass is 448 g/mol. The van der Waals surface area contributed by atoms with Crippen LogP contribution in [0.4, 0.5) is 0 Å². The van der Waals surface area contributed by atoms with Gasteiger partial charge in [-0.25, -0.2) is 0 Å². The molecule has 27 heavy (non-hydrogen) atoms. The standard InChI is InChI=1S/C20H20Cl4O3/c1-2-14-4-6-15(7-5-14)25-9-3-10-27-20-17(21)12-16(13-18(20)22)26-11-8-19(23)24/h4-8,12-13H,2-3,9-11H2,1H3. The van der Waals surface area contributed by atoms with Gasteiger partial charge in [0.1, 0.15) is 22.6 Å². The summed E-state index contributed by atoms with van der Waals surface area (Å²) < 4.78 is 17.0. The van der Waals surface area contributed by atoms with Crippen molar-refractivity contribution in [3.8, 4) is 17.2 Å². The molecule has 0 fully saturated rings. The minimum absolute atomic E-state index is 0.135. The Kier molecular flexibility index (Phi) is 9.43. The highest BCUT2D eigenvalue weighted by molar-refractivity contribution is 6.55. The SMILES string of the molecule is CCc1ccc(OCCCOc2c(Cl)cc(OCC=C(Cl)Cl)cc2Cl)cc1. The first kappa shape index (κ1) is 22.0. The van der Waals surface area contributed by atoms with Crippen LogP contribution in [-0.4, -0.2) is 19.8 Å². The lowest BCUT2D eigenvalue weighted by molar-refractivity contribution is 0.247. The number of ether oxygens (including phenoxy) is 3. The van der Waals surface area contributed by atoms with Crippen LogP contribution >= 0.6 is 46.4 Å². The molecular formula is C20H20Cl4O3. The molecule has 0 heterocycles. The fraction of sp³-hybridized carbons (Fsp3) is 0.300. The van der Waals surface area contributed by atoms with Crippen molar-refractivity contribution in [3.63, 3.8) is 0 Å². The van der Waals surface area contributed by atoms with E-state index >= 15 is 0 Å². The van der Waals surface area contributed by atoms with Crippen molar-refractivity contribution in [2.75, 3.05) is 19.8 Å². The van der Waals surface area contributed by atoms with Gasteiger partial charge in [0.25, 0.3) is 0 Å². The van der Waals surface area contributed by atoms with E-state index in [1.807, 2.05) is 12.1 Å². The van der Waals surface area contributed by atoms with Crippen LogP contribution in [-0.2, 0) is 6.42 Å². The van der Waals surface area contributed by atoms with Gasteiger partial charge in [0.2, 0.25) is 0 Å². The highest BCUT2D eigenvalue weighted by atomic mass is 35.5. The Labute approximate surface area is 179 Å². The van der Waals surface area contributed by atoms with Crippen molar-refractivity contribution < 1.29 is 14.2 Å². The van der Waals surface area contributed by atoms with E-state index in [9.17, 15) is 0 Å². The summed E-state index contributed by atoms with van der Waals surface area (Å²) in [4.78, 5) is 0. The Morgan fingerprint density at radius 2 is 1.52 bits per heavy atom. The molecule has 0 aliphatic rings. The predicted octanol–water partition coefficient (Wildman–Crippen LogP) is 7.10. The normalized spacial score (nSPS) is 10.4. The van der Waals surface area contributed by atoms with Gasteiger partial charge in [0.05, 0.1) is 23.3 Å². The third kappa shape index (κ3) is 7.71. The Morgan fingerprint density at radius 3 is 2.11 bits per heavy atom. The van der Waals surface area contributed by atoms with Crippen LogP contribution in [0.25, 0.3) is 0 Å². The number of benzene rings is 2. The average molecular weight is 450 g/mol. The molecule has 0 N–H and O–H groups in total. The lowest BCUT2D eigenvalue weighted by atomic mass is 10.2. The molecule has 2 rings (SSSR count). The molecule has 0 spiro atoms. The quantitative estimate of drug-likeness (QED) is 0.362. The van der Waals surface area contributed by atoms with Gasteiger partial charge in [-0.2, -0.15) is 0 Å². The summed E-state index contributed by atoms with van der Waals surface area (Å²) in [6.45, 7) is 3.30. The number of aryl methyl sites for hydroxylation is 1. The Hall–Kier alpha value is -1.26. The molecule has 0 bridgehead atoms. The summed E-state index contributed by atoms with van der Waals surface area (Å²) in [5.74, 6) is 1.77. The Morgan fingerprint density at radius 1 is 0.889 bits per heavy atom. The van der Waals surface area contributed by atoms with Crippen molar-refractivity contribution in [1.29, 1.82) is 0 Å². The number of rotatable bonds is 10. The predicted molar refractivity (Wildman–Crippen MR) is 113 cm³/mol. The molecule has 0 atom stereocenters. The van der Waals surface area contributed by atoms with Crippen LogP contribution in [0.5, 0.6) is 17.2 Å². The van der Waals surface area contributed by atoms with Crippen LogP contribution in [0.1, 0.15) is 18.9 Å². The van der Waals surface area contributed by atoms with E-state index in [2.05, 4.69) is 19.1 Å². The molecule has 0 radical (unpaired) electrons. The van der Waals surface area contributed by atoms with E-state index in [4.69, 9.17) is 60.6 Å². The molecule has 2 aromatic carbocycles. The van der Waals surface area contributed by atoms with Gasteiger partial charge in [0, 0.05) is 18.6 Å². The molecule has 0 aromatic heterocycles. The number of hydrogen-bond donors (Lipinski definition) is 0. The van der Waals surface area contributed by atoms with Gasteiger partial charge in [-0.15, -0.1) is 0 Å². The van der Waals surface area contributed by atoms with Crippen molar-refractivity contribution in [1.82, 2.24) is 0 Å². The molecule has 7 heteroatoms. The van der Waals surface area contributed by atoms with E-state index < -0.39 is 0 Å². The summed E-state index contributed by atoms with van der Waals surface area (Å²) in [5.41, 5.74) is 1.28. The third-order valence-corrected chi connectivity index (χ3v) is 4.46. The summed E-state index contributed by atoms with van der Waals surface area (Å²) in [7, 11) is 0. The largest absolute Gasteiger partial charge is 0.493 e. The van der Waals surface area contributed by atoms with Gasteiger partial charge in [-0.3, -0.25) is 0 Å². The molecule has 0 aliphatic carbocycles. The topological polar surface area (TPSA) is 27.7 Å². The first-order chi connectivity index (χ1) is 13.0.